The van der Waals surface area contributed by atoms with Gasteiger partial charge in [0.15, 0.2) is 17.6 Å². The van der Waals surface area contributed by atoms with Crippen LogP contribution in [0, 0.1) is 0 Å². The number of hydrogen-bond acceptors (Lipinski definition) is 7. The van der Waals surface area contributed by atoms with Gasteiger partial charge in [0.25, 0.3) is 0 Å². The summed E-state index contributed by atoms with van der Waals surface area (Å²) in [7, 11) is 2.98. The van der Waals surface area contributed by atoms with Crippen LogP contribution in [0.5, 0.6) is 11.5 Å². The average Bonchev–Trinajstić information content (AvgIpc) is 2.58. The summed E-state index contributed by atoms with van der Waals surface area (Å²) in [6.45, 7) is 6.53. The highest BCUT2D eigenvalue weighted by molar-refractivity contribution is 5.92. The highest BCUT2D eigenvalue weighted by atomic mass is 16.6. The van der Waals surface area contributed by atoms with E-state index in [9.17, 15) is 14.4 Å². The largest absolute Gasteiger partial charge is 0.493 e. The Morgan fingerprint density at radius 3 is 2.28 bits per heavy atom. The van der Waals surface area contributed by atoms with Crippen LogP contribution < -0.4 is 9.47 Å². The lowest BCUT2D eigenvalue weighted by Gasteiger charge is -2.14. The molecule has 0 aromatic heterocycles. The number of ether oxygens (including phenoxy) is 4. The van der Waals surface area contributed by atoms with Crippen molar-refractivity contribution in [3.63, 3.8) is 0 Å². The number of carbonyl (C=O) groups excluding carboxylic acids is 3. The quantitative estimate of drug-likeness (QED) is 0.403. The zero-order valence-electron chi connectivity index (χ0n) is 14.8. The molecule has 1 aromatic rings. The Morgan fingerprint density at radius 1 is 1.12 bits per heavy atom. The van der Waals surface area contributed by atoms with Crippen LogP contribution in [0.4, 0.5) is 0 Å². The van der Waals surface area contributed by atoms with Crippen LogP contribution in [0.25, 0.3) is 0 Å². The van der Waals surface area contributed by atoms with Gasteiger partial charge in [-0.1, -0.05) is 19.6 Å². The molecular weight excluding hydrogens is 328 g/mol. The average molecular weight is 350 g/mol. The molecule has 1 rings (SSSR count). The minimum absolute atomic E-state index is 0.142. The molecule has 7 heteroatoms. The fourth-order valence-electron chi connectivity index (χ4n) is 1.90. The molecule has 0 amide bonds. The van der Waals surface area contributed by atoms with Crippen molar-refractivity contribution < 1.29 is 33.3 Å². The topological polar surface area (TPSA) is 88.1 Å². The van der Waals surface area contributed by atoms with Crippen LogP contribution in [-0.2, 0) is 30.3 Å². The lowest BCUT2D eigenvalue weighted by Crippen LogP contribution is -2.31. The highest BCUT2D eigenvalue weighted by Gasteiger charge is 2.25. The number of benzene rings is 1. The van der Waals surface area contributed by atoms with Gasteiger partial charge in [0.05, 0.1) is 20.6 Å². The molecule has 0 saturated carbocycles. The first-order valence-corrected chi connectivity index (χ1v) is 7.64. The molecule has 1 aromatic carbocycles. The van der Waals surface area contributed by atoms with Gasteiger partial charge in [0.2, 0.25) is 0 Å². The Balaban J connectivity index is 2.70. The zero-order chi connectivity index (χ0) is 19.0. The number of esters is 3. The van der Waals surface area contributed by atoms with Crippen molar-refractivity contribution in [1.82, 2.24) is 0 Å². The van der Waals surface area contributed by atoms with Crippen molar-refractivity contribution in [2.75, 3.05) is 14.2 Å². The first-order chi connectivity index (χ1) is 11.8. The Labute approximate surface area is 146 Å². The van der Waals surface area contributed by atoms with Crippen molar-refractivity contribution in [2.24, 2.45) is 0 Å². The van der Waals surface area contributed by atoms with Gasteiger partial charge in [-0.15, -0.1) is 0 Å². The molecule has 25 heavy (non-hydrogen) atoms. The molecule has 0 radical (unpaired) electrons. The standard InChI is InChI=1S/C18H22O7/c1-6-13(24-17(20)11(2)3)18(21)25-16(19)10-12-7-8-14(22-4)15(9-12)23-5/h7-9,13H,2,6,10H2,1,3-5H3. The molecule has 0 N–H and O–H groups in total. The van der Waals surface area contributed by atoms with Gasteiger partial charge in [-0.05, 0) is 31.0 Å². The second kappa shape index (κ2) is 9.46. The fourth-order valence-corrected chi connectivity index (χ4v) is 1.90. The van der Waals surface area contributed by atoms with E-state index in [2.05, 4.69) is 6.58 Å². The van der Waals surface area contributed by atoms with Crippen LogP contribution in [-0.4, -0.2) is 38.2 Å². The van der Waals surface area contributed by atoms with E-state index < -0.39 is 24.0 Å². The van der Waals surface area contributed by atoms with Crippen LogP contribution in [0.2, 0.25) is 0 Å². The van der Waals surface area contributed by atoms with E-state index in [1.807, 2.05) is 0 Å². The van der Waals surface area contributed by atoms with E-state index in [1.54, 1.807) is 25.1 Å². The molecule has 0 saturated heterocycles. The summed E-state index contributed by atoms with van der Waals surface area (Å²) in [5, 5.41) is 0. The molecular formula is C18H22O7. The van der Waals surface area contributed by atoms with Gasteiger partial charge < -0.3 is 18.9 Å². The summed E-state index contributed by atoms with van der Waals surface area (Å²) in [5.41, 5.74) is 0.741. The second-order valence-corrected chi connectivity index (χ2v) is 5.24. The predicted molar refractivity (Wildman–Crippen MR) is 89.3 cm³/mol. The molecule has 7 nitrogen and oxygen atoms in total. The fraction of sp³-hybridized carbons (Fsp3) is 0.389. The number of hydrogen-bond donors (Lipinski definition) is 0. The lowest BCUT2D eigenvalue weighted by atomic mass is 10.1. The molecule has 0 aliphatic rings. The van der Waals surface area contributed by atoms with Gasteiger partial charge in [-0.3, -0.25) is 4.79 Å². The third-order valence-electron chi connectivity index (χ3n) is 3.24. The minimum Gasteiger partial charge on any atom is -0.493 e. The molecule has 0 bridgehead atoms. The monoisotopic (exact) mass is 350 g/mol. The van der Waals surface area contributed by atoms with Crippen LogP contribution >= 0.6 is 0 Å². The van der Waals surface area contributed by atoms with Crippen LogP contribution in [0.15, 0.2) is 30.4 Å². The Bertz CT molecular complexity index is 663. The highest BCUT2D eigenvalue weighted by Crippen LogP contribution is 2.27. The lowest BCUT2D eigenvalue weighted by molar-refractivity contribution is -0.172. The van der Waals surface area contributed by atoms with Gasteiger partial charge >= 0.3 is 17.9 Å². The van der Waals surface area contributed by atoms with Crippen LogP contribution in [0.3, 0.4) is 0 Å². The summed E-state index contributed by atoms with van der Waals surface area (Å²) in [4.78, 5) is 35.4. The molecule has 0 spiro atoms. The van der Waals surface area contributed by atoms with E-state index >= 15 is 0 Å². The molecule has 136 valence electrons. The Kier molecular flexibility index (Phi) is 7.65. The molecule has 0 fully saturated rings. The van der Waals surface area contributed by atoms with Crippen molar-refractivity contribution in [3.05, 3.63) is 35.9 Å². The summed E-state index contributed by atoms with van der Waals surface area (Å²) < 4.78 is 20.0. The number of rotatable bonds is 8. The smallest absolute Gasteiger partial charge is 0.355 e. The first kappa shape index (κ1) is 20.2. The van der Waals surface area contributed by atoms with Crippen molar-refractivity contribution in [2.45, 2.75) is 32.8 Å². The van der Waals surface area contributed by atoms with Gasteiger partial charge in [0.1, 0.15) is 0 Å². The molecule has 1 unspecified atom stereocenters. The summed E-state index contributed by atoms with van der Waals surface area (Å²) in [5.74, 6) is -1.41. The molecule has 0 aliphatic heterocycles. The summed E-state index contributed by atoms with van der Waals surface area (Å²) >= 11 is 0. The normalized spacial score (nSPS) is 11.2. The summed E-state index contributed by atoms with van der Waals surface area (Å²) in [6.07, 6.45) is -1.11. The maximum absolute atomic E-state index is 12.0. The molecule has 0 aliphatic carbocycles. The maximum atomic E-state index is 12.0. The third kappa shape index (κ3) is 5.95. The van der Waals surface area contributed by atoms with Crippen molar-refractivity contribution >= 4 is 17.9 Å². The van der Waals surface area contributed by atoms with Gasteiger partial charge in [-0.25, -0.2) is 9.59 Å². The second-order valence-electron chi connectivity index (χ2n) is 5.24. The van der Waals surface area contributed by atoms with E-state index in [0.29, 0.717) is 17.1 Å². The van der Waals surface area contributed by atoms with Gasteiger partial charge in [-0.2, -0.15) is 0 Å². The number of carbonyl (C=O) groups is 3. The third-order valence-corrected chi connectivity index (χ3v) is 3.24. The molecule has 1 atom stereocenters. The number of methoxy groups -OCH3 is 2. The SMILES string of the molecule is C=C(C)C(=O)OC(CC)C(=O)OC(=O)Cc1ccc(OC)c(OC)c1. The predicted octanol–water partition coefficient (Wildman–Crippen LogP) is 2.21. The summed E-state index contributed by atoms with van der Waals surface area (Å²) in [6, 6.07) is 4.92. The first-order valence-electron chi connectivity index (χ1n) is 7.64. The maximum Gasteiger partial charge on any atom is 0.355 e. The van der Waals surface area contributed by atoms with E-state index in [0.717, 1.165) is 0 Å². The van der Waals surface area contributed by atoms with Crippen molar-refractivity contribution in [1.29, 1.82) is 0 Å². The molecule has 0 heterocycles. The van der Waals surface area contributed by atoms with Crippen molar-refractivity contribution in [3.8, 4) is 11.5 Å². The van der Waals surface area contributed by atoms with Crippen LogP contribution in [0.1, 0.15) is 25.8 Å². The van der Waals surface area contributed by atoms with Gasteiger partial charge in [0, 0.05) is 5.57 Å². The Hall–Kier alpha value is -2.83. The Morgan fingerprint density at radius 2 is 1.76 bits per heavy atom. The van der Waals surface area contributed by atoms with E-state index in [4.69, 9.17) is 18.9 Å². The van der Waals surface area contributed by atoms with E-state index in [-0.39, 0.29) is 18.4 Å². The van der Waals surface area contributed by atoms with E-state index in [1.165, 1.54) is 21.1 Å². The minimum atomic E-state index is -1.15. The zero-order valence-corrected chi connectivity index (χ0v) is 14.8.